The first-order valence-electron chi connectivity index (χ1n) is 5.74. The summed E-state index contributed by atoms with van der Waals surface area (Å²) in [5.74, 6) is 0.814. The number of hydrogen-bond acceptors (Lipinski definition) is 4. The number of nitrogens with zero attached hydrogens (tertiary/aromatic N) is 2. The van der Waals surface area contributed by atoms with Crippen LogP contribution in [0.15, 0.2) is 18.3 Å². The fourth-order valence-electron chi connectivity index (χ4n) is 2.28. The fourth-order valence-corrected chi connectivity index (χ4v) is 2.28. The summed E-state index contributed by atoms with van der Waals surface area (Å²) in [7, 11) is 0. The van der Waals surface area contributed by atoms with Crippen LogP contribution in [-0.2, 0) is 0 Å². The maximum absolute atomic E-state index is 9.69. The summed E-state index contributed by atoms with van der Waals surface area (Å²) in [5.41, 5.74) is 0.836. The molecule has 0 aromatic carbocycles. The number of anilines is 1. The molecule has 2 N–H and O–H groups in total. The smallest absolute Gasteiger partial charge is 0.134 e. The van der Waals surface area contributed by atoms with Gasteiger partial charge in [-0.05, 0) is 25.8 Å². The lowest BCUT2D eigenvalue weighted by Gasteiger charge is -2.26. The molecule has 1 unspecified atom stereocenters. The van der Waals surface area contributed by atoms with Gasteiger partial charge in [-0.3, -0.25) is 0 Å². The van der Waals surface area contributed by atoms with Crippen molar-refractivity contribution in [3.63, 3.8) is 0 Å². The summed E-state index contributed by atoms with van der Waals surface area (Å²) in [6.07, 6.45) is 3.27. The van der Waals surface area contributed by atoms with Crippen molar-refractivity contribution in [3.05, 3.63) is 23.9 Å². The Hall–Kier alpha value is -1.13. The van der Waals surface area contributed by atoms with Crippen LogP contribution in [0.25, 0.3) is 0 Å². The van der Waals surface area contributed by atoms with E-state index in [0.29, 0.717) is 0 Å². The summed E-state index contributed by atoms with van der Waals surface area (Å²) in [4.78, 5) is 6.43. The third-order valence-corrected chi connectivity index (χ3v) is 3.13. The van der Waals surface area contributed by atoms with Crippen molar-refractivity contribution < 1.29 is 10.2 Å². The van der Waals surface area contributed by atoms with E-state index >= 15 is 0 Å². The SMILES string of the molecule is C[C@H](O)c1cccnc1N1CCCC1CO. The second-order valence-corrected chi connectivity index (χ2v) is 4.26. The molecule has 1 aromatic heterocycles. The minimum atomic E-state index is -0.524. The van der Waals surface area contributed by atoms with E-state index in [1.807, 2.05) is 12.1 Å². The normalized spacial score (nSPS) is 22.4. The zero-order valence-electron chi connectivity index (χ0n) is 9.50. The van der Waals surface area contributed by atoms with Crippen LogP contribution in [0, 0.1) is 0 Å². The molecule has 0 amide bonds. The molecule has 0 saturated carbocycles. The zero-order valence-corrected chi connectivity index (χ0v) is 9.50. The highest BCUT2D eigenvalue weighted by atomic mass is 16.3. The Morgan fingerprint density at radius 1 is 1.62 bits per heavy atom. The second-order valence-electron chi connectivity index (χ2n) is 4.26. The highest BCUT2D eigenvalue weighted by Gasteiger charge is 2.27. The molecule has 0 spiro atoms. The standard InChI is InChI=1S/C12H18N2O2/c1-9(16)11-5-2-6-13-12(11)14-7-3-4-10(14)8-15/h2,5-6,9-10,15-16H,3-4,7-8H2,1H3/t9-,10?/m0/s1. The molecule has 1 fully saturated rings. The second kappa shape index (κ2) is 4.80. The topological polar surface area (TPSA) is 56.6 Å². The summed E-state index contributed by atoms with van der Waals surface area (Å²) < 4.78 is 0. The molecule has 2 rings (SSSR count). The molecule has 1 aromatic rings. The van der Waals surface area contributed by atoms with Crippen LogP contribution in [-0.4, -0.2) is 34.4 Å². The molecular weight excluding hydrogens is 204 g/mol. The van der Waals surface area contributed by atoms with Crippen molar-refractivity contribution in [3.8, 4) is 0 Å². The average Bonchev–Trinajstić information content (AvgIpc) is 2.76. The Bertz CT molecular complexity index is 355. The third-order valence-electron chi connectivity index (χ3n) is 3.13. The Labute approximate surface area is 95.5 Å². The van der Waals surface area contributed by atoms with Crippen molar-refractivity contribution in [2.75, 3.05) is 18.1 Å². The van der Waals surface area contributed by atoms with Gasteiger partial charge in [0.05, 0.1) is 18.8 Å². The summed E-state index contributed by atoms with van der Waals surface area (Å²) in [6.45, 7) is 2.79. The van der Waals surface area contributed by atoms with Gasteiger partial charge in [0.2, 0.25) is 0 Å². The minimum Gasteiger partial charge on any atom is -0.394 e. The molecule has 0 bridgehead atoms. The van der Waals surface area contributed by atoms with Crippen LogP contribution >= 0.6 is 0 Å². The van der Waals surface area contributed by atoms with Gasteiger partial charge in [0.15, 0.2) is 0 Å². The van der Waals surface area contributed by atoms with Crippen molar-refractivity contribution in [1.29, 1.82) is 0 Å². The summed E-state index contributed by atoms with van der Waals surface area (Å²) in [6, 6.07) is 3.86. The maximum Gasteiger partial charge on any atom is 0.134 e. The molecule has 1 aliphatic rings. The summed E-state index contributed by atoms with van der Waals surface area (Å²) in [5, 5.41) is 19.0. The van der Waals surface area contributed by atoms with Gasteiger partial charge in [-0.2, -0.15) is 0 Å². The first-order chi connectivity index (χ1) is 7.74. The van der Waals surface area contributed by atoms with E-state index in [1.54, 1.807) is 13.1 Å². The van der Waals surface area contributed by atoms with Crippen molar-refractivity contribution in [2.45, 2.75) is 31.9 Å². The molecule has 4 nitrogen and oxygen atoms in total. The lowest BCUT2D eigenvalue weighted by molar-refractivity contribution is 0.198. The largest absolute Gasteiger partial charge is 0.394 e. The Morgan fingerprint density at radius 2 is 2.44 bits per heavy atom. The van der Waals surface area contributed by atoms with E-state index in [4.69, 9.17) is 0 Å². The molecule has 0 radical (unpaired) electrons. The van der Waals surface area contributed by atoms with E-state index in [2.05, 4.69) is 9.88 Å². The fraction of sp³-hybridized carbons (Fsp3) is 0.583. The molecule has 4 heteroatoms. The highest BCUT2D eigenvalue weighted by Crippen LogP contribution is 2.29. The van der Waals surface area contributed by atoms with Gasteiger partial charge >= 0.3 is 0 Å². The van der Waals surface area contributed by atoms with E-state index in [0.717, 1.165) is 30.8 Å². The van der Waals surface area contributed by atoms with E-state index < -0.39 is 6.10 Å². The lowest BCUT2D eigenvalue weighted by Crippen LogP contribution is -2.33. The maximum atomic E-state index is 9.69. The predicted octanol–water partition coefficient (Wildman–Crippen LogP) is 1.10. The number of aliphatic hydroxyl groups excluding tert-OH is 2. The van der Waals surface area contributed by atoms with Gasteiger partial charge in [-0.25, -0.2) is 4.98 Å². The highest BCUT2D eigenvalue weighted by molar-refractivity contribution is 5.49. The number of aromatic nitrogens is 1. The average molecular weight is 222 g/mol. The number of aliphatic hydroxyl groups is 2. The molecule has 2 heterocycles. The number of rotatable bonds is 3. The molecule has 16 heavy (non-hydrogen) atoms. The lowest BCUT2D eigenvalue weighted by atomic mass is 10.1. The van der Waals surface area contributed by atoms with Crippen molar-refractivity contribution in [1.82, 2.24) is 4.98 Å². The molecule has 1 saturated heterocycles. The zero-order chi connectivity index (χ0) is 11.5. The number of hydrogen-bond donors (Lipinski definition) is 2. The van der Waals surface area contributed by atoms with Crippen LogP contribution in [0.5, 0.6) is 0 Å². The quantitative estimate of drug-likeness (QED) is 0.804. The molecular formula is C12H18N2O2. The third kappa shape index (κ3) is 2.03. The molecule has 2 atom stereocenters. The first kappa shape index (κ1) is 11.4. The molecule has 88 valence electrons. The van der Waals surface area contributed by atoms with Crippen molar-refractivity contribution >= 4 is 5.82 Å². The van der Waals surface area contributed by atoms with Gasteiger partial charge in [0.1, 0.15) is 5.82 Å². The first-order valence-corrected chi connectivity index (χ1v) is 5.74. The van der Waals surface area contributed by atoms with Crippen molar-refractivity contribution in [2.24, 2.45) is 0 Å². The van der Waals surface area contributed by atoms with Gasteiger partial charge in [0, 0.05) is 18.3 Å². The summed E-state index contributed by atoms with van der Waals surface area (Å²) >= 11 is 0. The number of pyridine rings is 1. The van der Waals surface area contributed by atoms with Gasteiger partial charge in [0.25, 0.3) is 0 Å². The molecule has 1 aliphatic heterocycles. The Kier molecular flexibility index (Phi) is 3.41. The van der Waals surface area contributed by atoms with Crippen LogP contribution in [0.1, 0.15) is 31.4 Å². The molecule has 0 aliphatic carbocycles. The Morgan fingerprint density at radius 3 is 3.12 bits per heavy atom. The minimum absolute atomic E-state index is 0.146. The van der Waals surface area contributed by atoms with Gasteiger partial charge < -0.3 is 15.1 Å². The van der Waals surface area contributed by atoms with Gasteiger partial charge in [-0.1, -0.05) is 6.07 Å². The monoisotopic (exact) mass is 222 g/mol. The van der Waals surface area contributed by atoms with Crippen LogP contribution in [0.3, 0.4) is 0 Å². The van der Waals surface area contributed by atoms with Gasteiger partial charge in [-0.15, -0.1) is 0 Å². The van der Waals surface area contributed by atoms with E-state index in [-0.39, 0.29) is 12.6 Å². The van der Waals surface area contributed by atoms with E-state index in [1.165, 1.54) is 0 Å². The Balaban J connectivity index is 2.32. The van der Waals surface area contributed by atoms with E-state index in [9.17, 15) is 10.2 Å². The van der Waals surface area contributed by atoms with Crippen LogP contribution in [0.4, 0.5) is 5.82 Å². The predicted molar refractivity (Wildman–Crippen MR) is 62.3 cm³/mol. The van der Waals surface area contributed by atoms with Crippen LogP contribution < -0.4 is 4.90 Å². The van der Waals surface area contributed by atoms with Crippen LogP contribution in [0.2, 0.25) is 0 Å².